The maximum Gasteiger partial charge on any atom is 0.268 e. The maximum absolute atomic E-state index is 11.5. The van der Waals surface area contributed by atoms with Crippen LogP contribution in [0.4, 0.5) is 0 Å². The summed E-state index contributed by atoms with van der Waals surface area (Å²) >= 11 is 0. The molecule has 0 spiro atoms. The molecular weight excluding hydrogens is 310 g/mol. The van der Waals surface area contributed by atoms with Crippen LogP contribution in [0.25, 0.3) is 0 Å². The van der Waals surface area contributed by atoms with Gasteiger partial charge >= 0.3 is 0 Å². The molecule has 0 fully saturated rings. The topological polar surface area (TPSA) is 69.4 Å². The van der Waals surface area contributed by atoms with Gasteiger partial charge < -0.3 is 5.73 Å². The summed E-state index contributed by atoms with van der Waals surface area (Å²) in [7, 11) is -3.42. The highest BCUT2D eigenvalue weighted by Gasteiger charge is 2.14. The summed E-state index contributed by atoms with van der Waals surface area (Å²) < 4.78 is 28.0. The van der Waals surface area contributed by atoms with Gasteiger partial charge in [0, 0.05) is 6.54 Å². The van der Waals surface area contributed by atoms with Crippen molar-refractivity contribution in [1.82, 2.24) is 0 Å². The number of rotatable bonds is 17. The highest BCUT2D eigenvalue weighted by atomic mass is 32.2. The summed E-state index contributed by atoms with van der Waals surface area (Å²) in [4.78, 5) is 0. The Bertz CT molecular complexity index is 344. The van der Waals surface area contributed by atoms with Crippen molar-refractivity contribution in [2.45, 2.75) is 103 Å². The van der Waals surface area contributed by atoms with Crippen molar-refractivity contribution in [2.24, 2.45) is 5.73 Å². The van der Waals surface area contributed by atoms with Gasteiger partial charge in [-0.15, -0.1) is 0 Å². The Morgan fingerprint density at radius 3 is 1.70 bits per heavy atom. The minimum atomic E-state index is -3.42. The van der Waals surface area contributed by atoms with Crippen molar-refractivity contribution in [3.63, 3.8) is 0 Å². The molecule has 0 radical (unpaired) electrons. The fourth-order valence-corrected chi connectivity index (χ4v) is 3.75. The van der Waals surface area contributed by atoms with Gasteiger partial charge in [-0.05, 0) is 13.3 Å². The summed E-state index contributed by atoms with van der Waals surface area (Å²) in [6, 6.07) is 0. The van der Waals surface area contributed by atoms with Crippen molar-refractivity contribution >= 4 is 10.1 Å². The smallest absolute Gasteiger partial charge is 0.268 e. The molecule has 2 N–H and O–H groups in total. The van der Waals surface area contributed by atoms with E-state index in [1.807, 2.05) is 6.92 Å². The van der Waals surface area contributed by atoms with Gasteiger partial charge in [-0.2, -0.15) is 8.42 Å². The first kappa shape index (κ1) is 22.9. The second-order valence-electron chi connectivity index (χ2n) is 6.64. The van der Waals surface area contributed by atoms with Gasteiger partial charge in [0.2, 0.25) is 0 Å². The van der Waals surface area contributed by atoms with Crippen LogP contribution in [0.3, 0.4) is 0 Å². The van der Waals surface area contributed by atoms with Gasteiger partial charge in [0.25, 0.3) is 10.1 Å². The fraction of sp³-hybridized carbons (Fsp3) is 1.00. The molecule has 0 aromatic carbocycles. The highest BCUT2D eigenvalue weighted by Crippen LogP contribution is 2.14. The lowest BCUT2D eigenvalue weighted by Gasteiger charge is -2.12. The van der Waals surface area contributed by atoms with Gasteiger partial charge in [-0.25, -0.2) is 0 Å². The summed E-state index contributed by atoms with van der Waals surface area (Å²) in [6.45, 7) is 4.20. The molecule has 0 aliphatic rings. The number of unbranched alkanes of at least 4 members (excludes halogenated alkanes) is 11. The van der Waals surface area contributed by atoms with Gasteiger partial charge in [-0.1, -0.05) is 84.0 Å². The lowest BCUT2D eigenvalue weighted by Crippen LogP contribution is -2.22. The van der Waals surface area contributed by atoms with Gasteiger partial charge in [0.1, 0.15) is 0 Å². The zero-order chi connectivity index (χ0) is 17.4. The van der Waals surface area contributed by atoms with Crippen molar-refractivity contribution in [1.29, 1.82) is 0 Å². The van der Waals surface area contributed by atoms with Crippen LogP contribution in [-0.4, -0.2) is 26.8 Å². The molecule has 0 bridgehead atoms. The van der Waals surface area contributed by atoms with Gasteiger partial charge in [0.05, 0.1) is 11.9 Å². The molecule has 0 aliphatic heterocycles. The van der Waals surface area contributed by atoms with E-state index in [1.165, 1.54) is 70.6 Å². The summed E-state index contributed by atoms with van der Waals surface area (Å²) in [5.41, 5.74) is 5.25. The van der Waals surface area contributed by atoms with Crippen LogP contribution < -0.4 is 5.73 Å². The lowest BCUT2D eigenvalue weighted by atomic mass is 10.0. The summed E-state index contributed by atoms with van der Waals surface area (Å²) in [5, 5.41) is 0. The summed E-state index contributed by atoms with van der Waals surface area (Å²) in [5.74, 6) is -0.0875. The highest BCUT2D eigenvalue weighted by molar-refractivity contribution is 7.86. The molecule has 23 heavy (non-hydrogen) atoms. The Morgan fingerprint density at radius 1 is 0.826 bits per heavy atom. The van der Waals surface area contributed by atoms with Crippen LogP contribution in [0.15, 0.2) is 0 Å². The molecule has 1 atom stereocenters. The largest absolute Gasteiger partial charge is 0.329 e. The molecule has 0 aromatic heterocycles. The third-order valence-corrected chi connectivity index (χ3v) is 5.50. The van der Waals surface area contributed by atoms with E-state index in [0.717, 1.165) is 12.8 Å². The Morgan fingerprint density at radius 2 is 1.26 bits per heavy atom. The zero-order valence-corrected chi connectivity index (χ0v) is 16.2. The maximum atomic E-state index is 11.5. The van der Waals surface area contributed by atoms with E-state index in [-0.39, 0.29) is 18.4 Å². The van der Waals surface area contributed by atoms with Gasteiger partial charge in [0.15, 0.2) is 0 Å². The van der Waals surface area contributed by atoms with E-state index in [2.05, 4.69) is 6.92 Å². The molecule has 0 aliphatic carbocycles. The Balaban J connectivity index is 3.33. The minimum Gasteiger partial charge on any atom is -0.329 e. The molecule has 0 amide bonds. The SMILES string of the molecule is CCCCCCCCCCCCCCC(C)OS(=O)(=O)CCN. The molecule has 0 rings (SSSR count). The van der Waals surface area contributed by atoms with E-state index in [0.29, 0.717) is 0 Å². The second kappa shape index (κ2) is 15.4. The Labute approximate surface area is 144 Å². The van der Waals surface area contributed by atoms with Crippen molar-refractivity contribution in [2.75, 3.05) is 12.3 Å². The third kappa shape index (κ3) is 16.5. The molecule has 0 heterocycles. The fourth-order valence-electron chi connectivity index (χ4n) is 2.76. The van der Waals surface area contributed by atoms with Crippen LogP contribution in [-0.2, 0) is 14.3 Å². The zero-order valence-electron chi connectivity index (χ0n) is 15.4. The lowest BCUT2D eigenvalue weighted by molar-refractivity contribution is 0.214. The van der Waals surface area contributed by atoms with Crippen LogP contribution in [0, 0.1) is 0 Å². The molecule has 140 valence electrons. The van der Waals surface area contributed by atoms with Crippen molar-refractivity contribution in [3.8, 4) is 0 Å². The predicted octanol–water partition coefficient (Wildman–Crippen LogP) is 4.77. The average Bonchev–Trinajstić information content (AvgIpc) is 2.47. The quantitative estimate of drug-likeness (QED) is 0.303. The minimum absolute atomic E-state index is 0.0875. The summed E-state index contributed by atoms with van der Waals surface area (Å²) in [6.07, 6.45) is 16.3. The number of hydrogen-bond donors (Lipinski definition) is 1. The molecule has 0 saturated carbocycles. The first-order valence-corrected chi connectivity index (χ1v) is 11.2. The first-order chi connectivity index (χ1) is 11.0. The second-order valence-corrected chi connectivity index (χ2v) is 8.35. The monoisotopic (exact) mass is 349 g/mol. The van der Waals surface area contributed by atoms with Crippen LogP contribution in [0.1, 0.15) is 97.3 Å². The van der Waals surface area contributed by atoms with Crippen molar-refractivity contribution in [3.05, 3.63) is 0 Å². The number of nitrogens with two attached hydrogens (primary N) is 1. The Kier molecular flexibility index (Phi) is 15.3. The van der Waals surface area contributed by atoms with E-state index in [9.17, 15) is 8.42 Å². The molecule has 4 nitrogen and oxygen atoms in total. The number of hydrogen-bond acceptors (Lipinski definition) is 4. The predicted molar refractivity (Wildman–Crippen MR) is 99.1 cm³/mol. The Hall–Kier alpha value is -0.130. The molecular formula is C18H39NO3S. The van der Waals surface area contributed by atoms with E-state index in [4.69, 9.17) is 9.92 Å². The van der Waals surface area contributed by atoms with Crippen LogP contribution >= 0.6 is 0 Å². The molecule has 0 aromatic rings. The molecule has 1 unspecified atom stereocenters. The molecule has 5 heteroatoms. The van der Waals surface area contributed by atoms with Crippen LogP contribution in [0.5, 0.6) is 0 Å². The standard InChI is InChI=1S/C18H39NO3S/c1-3-4-5-6-7-8-9-10-11-12-13-14-15-18(2)22-23(20,21)17-16-19/h18H,3-17,19H2,1-2H3. The van der Waals surface area contributed by atoms with E-state index >= 15 is 0 Å². The van der Waals surface area contributed by atoms with E-state index in [1.54, 1.807) is 0 Å². The first-order valence-electron chi connectivity index (χ1n) is 9.63. The van der Waals surface area contributed by atoms with E-state index < -0.39 is 10.1 Å². The normalized spacial score (nSPS) is 13.3. The molecule has 0 saturated heterocycles. The third-order valence-electron chi connectivity index (χ3n) is 4.14. The van der Waals surface area contributed by atoms with Gasteiger partial charge in [-0.3, -0.25) is 4.18 Å². The van der Waals surface area contributed by atoms with Crippen LogP contribution in [0.2, 0.25) is 0 Å². The average molecular weight is 350 g/mol. The van der Waals surface area contributed by atoms with Crippen molar-refractivity contribution < 1.29 is 12.6 Å².